The average molecular weight is 348 g/mol. The Kier molecular flexibility index (Phi) is 6.32. The standard InChI is InChI=1S/C18H32N6O/c1-17(2,3)11-15-13-23(21-19-15)7-9-25-10-8-24-14-16(20-22-24)12-18(4,5)6/h13-14H,7-12H2,1-6H3. The van der Waals surface area contributed by atoms with Crippen molar-refractivity contribution in [1.82, 2.24) is 30.0 Å². The summed E-state index contributed by atoms with van der Waals surface area (Å²) >= 11 is 0. The minimum atomic E-state index is 0.223. The molecule has 0 atom stereocenters. The molecule has 0 saturated heterocycles. The fourth-order valence-corrected chi connectivity index (χ4v) is 2.56. The van der Waals surface area contributed by atoms with Crippen LogP contribution in [0, 0.1) is 10.8 Å². The average Bonchev–Trinajstić information content (AvgIpc) is 3.04. The van der Waals surface area contributed by atoms with E-state index in [2.05, 4.69) is 62.2 Å². The molecule has 0 spiro atoms. The van der Waals surface area contributed by atoms with Gasteiger partial charge in [-0.1, -0.05) is 52.0 Å². The van der Waals surface area contributed by atoms with E-state index < -0.39 is 0 Å². The van der Waals surface area contributed by atoms with Crippen molar-refractivity contribution in [3.63, 3.8) is 0 Å². The SMILES string of the molecule is CC(C)(C)Cc1cn(CCOCCn2cc(CC(C)(C)C)nn2)nn1. The minimum Gasteiger partial charge on any atom is -0.378 e. The zero-order valence-corrected chi connectivity index (χ0v) is 16.5. The fraction of sp³-hybridized carbons (Fsp3) is 0.778. The van der Waals surface area contributed by atoms with Crippen molar-refractivity contribution in [3.05, 3.63) is 23.8 Å². The molecule has 0 N–H and O–H groups in total. The Hall–Kier alpha value is -1.76. The lowest BCUT2D eigenvalue weighted by Crippen LogP contribution is -2.12. The Morgan fingerprint density at radius 2 is 1.16 bits per heavy atom. The molecule has 0 aliphatic heterocycles. The second kappa shape index (κ2) is 8.08. The van der Waals surface area contributed by atoms with E-state index in [1.165, 1.54) is 0 Å². The summed E-state index contributed by atoms with van der Waals surface area (Å²) in [5, 5.41) is 16.7. The van der Waals surface area contributed by atoms with Crippen LogP contribution < -0.4 is 0 Å². The Morgan fingerprint density at radius 3 is 1.52 bits per heavy atom. The summed E-state index contributed by atoms with van der Waals surface area (Å²) < 4.78 is 9.38. The molecule has 0 amide bonds. The van der Waals surface area contributed by atoms with Crippen LogP contribution in [0.2, 0.25) is 0 Å². The van der Waals surface area contributed by atoms with Gasteiger partial charge in [0.1, 0.15) is 0 Å². The van der Waals surface area contributed by atoms with Gasteiger partial charge in [0, 0.05) is 12.4 Å². The summed E-state index contributed by atoms with van der Waals surface area (Å²) in [6.45, 7) is 15.9. The summed E-state index contributed by atoms with van der Waals surface area (Å²) in [6, 6.07) is 0. The van der Waals surface area contributed by atoms with Gasteiger partial charge in [0.05, 0.1) is 37.7 Å². The van der Waals surface area contributed by atoms with Gasteiger partial charge in [-0.05, 0) is 23.7 Å². The number of hydrogen-bond acceptors (Lipinski definition) is 5. The van der Waals surface area contributed by atoms with E-state index in [4.69, 9.17) is 4.74 Å². The van der Waals surface area contributed by atoms with Gasteiger partial charge in [0.25, 0.3) is 0 Å². The quantitative estimate of drug-likeness (QED) is 0.686. The van der Waals surface area contributed by atoms with Crippen LogP contribution in [0.1, 0.15) is 52.9 Å². The molecular weight excluding hydrogens is 316 g/mol. The molecule has 0 aliphatic carbocycles. The highest BCUT2D eigenvalue weighted by Gasteiger charge is 2.14. The van der Waals surface area contributed by atoms with Crippen molar-refractivity contribution in [1.29, 1.82) is 0 Å². The minimum absolute atomic E-state index is 0.223. The summed E-state index contributed by atoms with van der Waals surface area (Å²) in [4.78, 5) is 0. The molecule has 0 aromatic carbocycles. The highest BCUT2D eigenvalue weighted by molar-refractivity contribution is 4.96. The predicted molar refractivity (Wildman–Crippen MR) is 97.2 cm³/mol. The Bertz CT molecular complexity index is 591. The monoisotopic (exact) mass is 348 g/mol. The topological polar surface area (TPSA) is 70.7 Å². The second-order valence-electron chi connectivity index (χ2n) is 9.03. The molecule has 0 aliphatic rings. The first-order chi connectivity index (χ1) is 11.6. The van der Waals surface area contributed by atoms with Gasteiger partial charge in [0.2, 0.25) is 0 Å². The van der Waals surface area contributed by atoms with Gasteiger partial charge in [0.15, 0.2) is 0 Å². The molecule has 0 fully saturated rings. The lowest BCUT2D eigenvalue weighted by molar-refractivity contribution is 0.113. The van der Waals surface area contributed by atoms with Crippen LogP contribution in [0.25, 0.3) is 0 Å². The Balaban J connectivity index is 1.65. The van der Waals surface area contributed by atoms with Crippen LogP contribution in [-0.4, -0.2) is 43.2 Å². The van der Waals surface area contributed by atoms with E-state index >= 15 is 0 Å². The van der Waals surface area contributed by atoms with Crippen molar-refractivity contribution in [3.8, 4) is 0 Å². The van der Waals surface area contributed by atoms with E-state index in [0.29, 0.717) is 26.3 Å². The summed E-state index contributed by atoms with van der Waals surface area (Å²) in [7, 11) is 0. The van der Waals surface area contributed by atoms with E-state index in [1.54, 1.807) is 0 Å². The van der Waals surface area contributed by atoms with Crippen LogP contribution >= 0.6 is 0 Å². The van der Waals surface area contributed by atoms with Gasteiger partial charge < -0.3 is 4.74 Å². The first-order valence-electron chi connectivity index (χ1n) is 8.96. The molecule has 0 saturated carbocycles. The van der Waals surface area contributed by atoms with Crippen molar-refractivity contribution in [2.75, 3.05) is 13.2 Å². The molecular formula is C18H32N6O. The van der Waals surface area contributed by atoms with E-state index in [-0.39, 0.29) is 10.8 Å². The van der Waals surface area contributed by atoms with Crippen LogP contribution in [0.4, 0.5) is 0 Å². The van der Waals surface area contributed by atoms with E-state index in [9.17, 15) is 0 Å². The third kappa shape index (κ3) is 7.77. The molecule has 0 unspecified atom stereocenters. The maximum absolute atomic E-state index is 5.68. The smallest absolute Gasteiger partial charge is 0.0832 e. The van der Waals surface area contributed by atoms with Gasteiger partial charge in [-0.2, -0.15) is 0 Å². The molecule has 2 aromatic heterocycles. The maximum Gasteiger partial charge on any atom is 0.0832 e. The van der Waals surface area contributed by atoms with Gasteiger partial charge in [-0.15, -0.1) is 10.2 Å². The second-order valence-corrected chi connectivity index (χ2v) is 9.03. The Morgan fingerprint density at radius 1 is 0.760 bits per heavy atom. The van der Waals surface area contributed by atoms with Gasteiger partial charge in [-0.25, -0.2) is 9.36 Å². The summed E-state index contributed by atoms with van der Waals surface area (Å²) in [5.41, 5.74) is 2.50. The molecule has 7 nitrogen and oxygen atoms in total. The number of aromatic nitrogens is 6. The summed E-state index contributed by atoms with van der Waals surface area (Å²) in [6.07, 6.45) is 5.86. The number of rotatable bonds is 8. The largest absolute Gasteiger partial charge is 0.378 e. The third-order valence-corrected chi connectivity index (χ3v) is 3.52. The highest BCUT2D eigenvalue weighted by Crippen LogP contribution is 2.19. The number of nitrogens with zero attached hydrogens (tertiary/aromatic N) is 6. The number of ether oxygens (including phenoxy) is 1. The highest BCUT2D eigenvalue weighted by atomic mass is 16.5. The molecule has 25 heavy (non-hydrogen) atoms. The van der Waals surface area contributed by atoms with Gasteiger partial charge >= 0.3 is 0 Å². The molecule has 2 rings (SSSR count). The van der Waals surface area contributed by atoms with Crippen molar-refractivity contribution < 1.29 is 4.74 Å². The maximum atomic E-state index is 5.68. The lowest BCUT2D eigenvalue weighted by Gasteiger charge is -2.15. The van der Waals surface area contributed by atoms with Crippen LogP contribution in [-0.2, 0) is 30.7 Å². The molecule has 2 heterocycles. The molecule has 0 radical (unpaired) electrons. The van der Waals surface area contributed by atoms with Crippen molar-refractivity contribution in [2.45, 2.75) is 67.5 Å². The molecule has 0 bridgehead atoms. The predicted octanol–water partition coefficient (Wildman–Crippen LogP) is 2.76. The normalized spacial score (nSPS) is 12.7. The van der Waals surface area contributed by atoms with Crippen LogP contribution in [0.5, 0.6) is 0 Å². The third-order valence-electron chi connectivity index (χ3n) is 3.52. The zero-order valence-electron chi connectivity index (χ0n) is 16.5. The molecule has 7 heteroatoms. The Labute approximate surface area is 150 Å². The first-order valence-corrected chi connectivity index (χ1v) is 8.96. The van der Waals surface area contributed by atoms with Crippen molar-refractivity contribution in [2.24, 2.45) is 10.8 Å². The van der Waals surface area contributed by atoms with Crippen LogP contribution in [0.3, 0.4) is 0 Å². The fourth-order valence-electron chi connectivity index (χ4n) is 2.56. The van der Waals surface area contributed by atoms with Gasteiger partial charge in [-0.3, -0.25) is 0 Å². The van der Waals surface area contributed by atoms with E-state index in [0.717, 1.165) is 24.2 Å². The zero-order chi connectivity index (χ0) is 18.5. The lowest BCUT2D eigenvalue weighted by atomic mass is 9.91. The van der Waals surface area contributed by atoms with Crippen LogP contribution in [0.15, 0.2) is 12.4 Å². The number of hydrogen-bond donors (Lipinski definition) is 0. The molecule has 140 valence electrons. The van der Waals surface area contributed by atoms with E-state index in [1.807, 2.05) is 21.8 Å². The summed E-state index contributed by atoms with van der Waals surface area (Å²) in [5.74, 6) is 0. The molecule has 2 aromatic rings. The first kappa shape index (κ1) is 19.6. The van der Waals surface area contributed by atoms with Crippen molar-refractivity contribution >= 4 is 0 Å².